The fraction of sp³-hybridized carbons (Fsp3) is 0.529. The van der Waals surface area contributed by atoms with Crippen molar-refractivity contribution in [3.05, 3.63) is 35.4 Å². The van der Waals surface area contributed by atoms with Crippen molar-refractivity contribution in [2.45, 2.75) is 40.2 Å². The molecular weight excluding hydrogens is 403 g/mol. The third-order valence-corrected chi connectivity index (χ3v) is 3.18. The van der Waals surface area contributed by atoms with Crippen molar-refractivity contribution >= 4 is 35.8 Å². The highest BCUT2D eigenvalue weighted by Gasteiger charge is 2.05. The lowest BCUT2D eigenvalue weighted by atomic mass is 10.1. The van der Waals surface area contributed by atoms with E-state index in [-0.39, 0.29) is 29.9 Å². The summed E-state index contributed by atoms with van der Waals surface area (Å²) in [4.78, 5) is 16.2. The molecule has 0 radical (unpaired) electrons. The zero-order valence-electron chi connectivity index (χ0n) is 14.3. The SMILES string of the molecule is CCCNC(=O)c1cccc(CN=C(N)NCCC(C)C)c1.I. The number of nitrogens with zero attached hydrogens (tertiary/aromatic N) is 1. The van der Waals surface area contributed by atoms with E-state index in [0.29, 0.717) is 30.5 Å². The molecule has 0 saturated carbocycles. The summed E-state index contributed by atoms with van der Waals surface area (Å²) in [7, 11) is 0. The standard InChI is InChI=1S/C17H28N4O.HI/c1-4-9-19-16(22)15-7-5-6-14(11-15)12-21-17(18)20-10-8-13(2)3;/h5-7,11,13H,4,8-10,12H2,1-3H3,(H,19,22)(H3,18,20,21);1H. The molecule has 1 aromatic carbocycles. The molecular formula is C17H29IN4O. The minimum atomic E-state index is -0.0456. The molecule has 6 heteroatoms. The van der Waals surface area contributed by atoms with Gasteiger partial charge in [0.1, 0.15) is 0 Å². The third-order valence-electron chi connectivity index (χ3n) is 3.18. The summed E-state index contributed by atoms with van der Waals surface area (Å²) >= 11 is 0. The molecule has 0 aliphatic carbocycles. The first-order valence-corrected chi connectivity index (χ1v) is 7.93. The molecule has 1 amide bonds. The summed E-state index contributed by atoms with van der Waals surface area (Å²) in [5, 5.41) is 5.97. The van der Waals surface area contributed by atoms with Gasteiger partial charge in [0.2, 0.25) is 0 Å². The lowest BCUT2D eigenvalue weighted by Gasteiger charge is -2.08. The number of benzene rings is 1. The van der Waals surface area contributed by atoms with Crippen molar-refractivity contribution in [2.24, 2.45) is 16.6 Å². The second-order valence-corrected chi connectivity index (χ2v) is 5.77. The molecule has 0 spiro atoms. The smallest absolute Gasteiger partial charge is 0.251 e. The molecule has 0 aliphatic rings. The van der Waals surface area contributed by atoms with Crippen LogP contribution in [0.2, 0.25) is 0 Å². The molecule has 0 atom stereocenters. The van der Waals surface area contributed by atoms with Crippen molar-refractivity contribution < 1.29 is 4.79 Å². The van der Waals surface area contributed by atoms with Gasteiger partial charge in [-0.2, -0.15) is 0 Å². The largest absolute Gasteiger partial charge is 0.370 e. The molecule has 5 nitrogen and oxygen atoms in total. The van der Waals surface area contributed by atoms with E-state index >= 15 is 0 Å². The predicted octanol–water partition coefficient (Wildman–Crippen LogP) is 2.89. The highest BCUT2D eigenvalue weighted by Crippen LogP contribution is 2.06. The highest BCUT2D eigenvalue weighted by molar-refractivity contribution is 14.0. The summed E-state index contributed by atoms with van der Waals surface area (Å²) in [6.07, 6.45) is 1.98. The number of nitrogens with one attached hydrogen (secondary N) is 2. The number of carbonyl (C=O) groups is 1. The lowest BCUT2D eigenvalue weighted by Crippen LogP contribution is -2.32. The van der Waals surface area contributed by atoms with Gasteiger partial charge in [-0.15, -0.1) is 24.0 Å². The Morgan fingerprint density at radius 2 is 2.00 bits per heavy atom. The topological polar surface area (TPSA) is 79.5 Å². The molecule has 0 heterocycles. The Bertz CT molecular complexity index is 503. The average molecular weight is 432 g/mol. The Morgan fingerprint density at radius 1 is 1.26 bits per heavy atom. The maximum absolute atomic E-state index is 11.9. The number of guanidine groups is 1. The van der Waals surface area contributed by atoms with Gasteiger partial charge in [0.15, 0.2) is 5.96 Å². The van der Waals surface area contributed by atoms with E-state index in [2.05, 4.69) is 29.5 Å². The number of carbonyl (C=O) groups excluding carboxylic acids is 1. The summed E-state index contributed by atoms with van der Waals surface area (Å²) in [5.74, 6) is 1.04. The number of hydrogen-bond donors (Lipinski definition) is 3. The Hall–Kier alpha value is -1.31. The number of aliphatic imine (C=N–C) groups is 1. The maximum atomic E-state index is 11.9. The van der Waals surface area contributed by atoms with Gasteiger partial charge in [-0.05, 0) is 36.5 Å². The zero-order valence-corrected chi connectivity index (χ0v) is 16.6. The highest BCUT2D eigenvalue weighted by atomic mass is 127. The lowest BCUT2D eigenvalue weighted by molar-refractivity contribution is 0.0953. The molecule has 130 valence electrons. The van der Waals surface area contributed by atoms with E-state index in [9.17, 15) is 4.79 Å². The first kappa shape index (κ1) is 21.7. The number of rotatable bonds is 8. The van der Waals surface area contributed by atoms with Gasteiger partial charge in [0.05, 0.1) is 6.54 Å². The van der Waals surface area contributed by atoms with E-state index in [1.807, 2.05) is 31.2 Å². The molecule has 0 aliphatic heterocycles. The molecule has 1 aromatic rings. The van der Waals surface area contributed by atoms with E-state index in [1.54, 1.807) is 0 Å². The summed E-state index contributed by atoms with van der Waals surface area (Å²) < 4.78 is 0. The quantitative estimate of drug-likeness (QED) is 0.336. The van der Waals surface area contributed by atoms with Gasteiger partial charge in [-0.25, -0.2) is 4.99 Å². The molecule has 0 bridgehead atoms. The minimum absolute atomic E-state index is 0. The predicted molar refractivity (Wildman–Crippen MR) is 107 cm³/mol. The molecule has 0 fully saturated rings. The van der Waals surface area contributed by atoms with E-state index in [4.69, 9.17) is 5.73 Å². The molecule has 0 saturated heterocycles. The molecule has 0 unspecified atom stereocenters. The molecule has 1 rings (SSSR count). The Morgan fingerprint density at radius 3 is 2.65 bits per heavy atom. The number of amides is 1. The second kappa shape index (κ2) is 12.2. The number of halogens is 1. The van der Waals surface area contributed by atoms with Crippen molar-refractivity contribution in [2.75, 3.05) is 13.1 Å². The second-order valence-electron chi connectivity index (χ2n) is 5.77. The van der Waals surface area contributed by atoms with Crippen LogP contribution >= 0.6 is 24.0 Å². The average Bonchev–Trinajstić information content (AvgIpc) is 2.50. The van der Waals surface area contributed by atoms with Crippen LogP contribution in [0.5, 0.6) is 0 Å². The van der Waals surface area contributed by atoms with Crippen molar-refractivity contribution in [1.82, 2.24) is 10.6 Å². The van der Waals surface area contributed by atoms with Crippen molar-refractivity contribution in [3.8, 4) is 0 Å². The van der Waals surface area contributed by atoms with Crippen LogP contribution in [0.1, 0.15) is 49.5 Å². The maximum Gasteiger partial charge on any atom is 0.251 e. The minimum Gasteiger partial charge on any atom is -0.370 e. The third kappa shape index (κ3) is 9.43. The van der Waals surface area contributed by atoms with E-state index < -0.39 is 0 Å². The first-order chi connectivity index (χ1) is 10.5. The van der Waals surface area contributed by atoms with Crippen LogP contribution in [0.15, 0.2) is 29.3 Å². The number of nitrogens with two attached hydrogens (primary N) is 1. The van der Waals surface area contributed by atoms with Gasteiger partial charge in [0, 0.05) is 18.7 Å². The fourth-order valence-electron chi connectivity index (χ4n) is 1.87. The Balaban J connectivity index is 0.00000484. The normalized spacial score (nSPS) is 11.0. The summed E-state index contributed by atoms with van der Waals surface area (Å²) in [5.41, 5.74) is 7.46. The molecule has 4 N–H and O–H groups in total. The Kier molecular flexibility index (Phi) is 11.5. The Labute approximate surface area is 156 Å². The monoisotopic (exact) mass is 432 g/mol. The molecule has 23 heavy (non-hydrogen) atoms. The summed E-state index contributed by atoms with van der Waals surface area (Å²) in [6, 6.07) is 7.48. The zero-order chi connectivity index (χ0) is 16.4. The van der Waals surface area contributed by atoms with Crippen LogP contribution in [0.4, 0.5) is 0 Å². The van der Waals surface area contributed by atoms with Crippen molar-refractivity contribution in [1.29, 1.82) is 0 Å². The van der Waals surface area contributed by atoms with E-state index in [1.165, 1.54) is 0 Å². The van der Waals surface area contributed by atoms with E-state index in [0.717, 1.165) is 24.9 Å². The van der Waals surface area contributed by atoms with Crippen molar-refractivity contribution in [3.63, 3.8) is 0 Å². The van der Waals surface area contributed by atoms with Crippen LogP contribution in [-0.4, -0.2) is 25.0 Å². The van der Waals surface area contributed by atoms with Gasteiger partial charge in [-0.3, -0.25) is 4.79 Å². The van der Waals surface area contributed by atoms with Crippen LogP contribution in [0.3, 0.4) is 0 Å². The van der Waals surface area contributed by atoms with Gasteiger partial charge >= 0.3 is 0 Å². The van der Waals surface area contributed by atoms with Gasteiger partial charge in [0.25, 0.3) is 5.91 Å². The molecule has 0 aromatic heterocycles. The van der Waals surface area contributed by atoms with Gasteiger partial charge < -0.3 is 16.4 Å². The fourth-order valence-corrected chi connectivity index (χ4v) is 1.87. The first-order valence-electron chi connectivity index (χ1n) is 7.93. The van der Waals surface area contributed by atoms with Crippen LogP contribution in [0, 0.1) is 5.92 Å². The van der Waals surface area contributed by atoms with Crippen LogP contribution in [-0.2, 0) is 6.54 Å². The number of hydrogen-bond acceptors (Lipinski definition) is 2. The summed E-state index contributed by atoms with van der Waals surface area (Å²) in [6.45, 7) is 8.35. The van der Waals surface area contributed by atoms with Gasteiger partial charge in [-0.1, -0.05) is 32.9 Å². The van der Waals surface area contributed by atoms with Crippen LogP contribution in [0.25, 0.3) is 0 Å². The van der Waals surface area contributed by atoms with Crippen LogP contribution < -0.4 is 16.4 Å².